The van der Waals surface area contributed by atoms with Crippen LogP contribution in [0.1, 0.15) is 25.3 Å². The van der Waals surface area contributed by atoms with E-state index >= 15 is 0 Å². The van der Waals surface area contributed by atoms with Gasteiger partial charge in [-0.05, 0) is 42.8 Å². The number of rotatable bonds is 6. The Hall–Kier alpha value is -1.57. The molecule has 0 atom stereocenters. The van der Waals surface area contributed by atoms with Crippen LogP contribution in [0.2, 0.25) is 0 Å². The Labute approximate surface area is 154 Å². The standard InChI is InChI=1S/C17H19N3OS3/c1-2-3-10-20-15(21)13-14(18-16(20)22)19(17(23)24-13)11-9-12-7-5-4-6-8-12/h4-8H,2-3,9-11H2,1H3,(H,18,22). The number of aromatic amines is 1. The lowest BCUT2D eigenvalue weighted by atomic mass is 10.1. The largest absolute Gasteiger partial charge is 0.317 e. The third-order valence-electron chi connectivity index (χ3n) is 4.01. The number of aryl methyl sites for hydroxylation is 2. The van der Waals surface area contributed by atoms with Gasteiger partial charge in [-0.15, -0.1) is 0 Å². The van der Waals surface area contributed by atoms with Gasteiger partial charge in [0.25, 0.3) is 5.56 Å². The van der Waals surface area contributed by atoms with Crippen LogP contribution in [0.3, 0.4) is 0 Å². The Bertz CT molecular complexity index is 1010. The number of hydrogen-bond acceptors (Lipinski definition) is 4. The van der Waals surface area contributed by atoms with Crippen LogP contribution < -0.4 is 5.56 Å². The van der Waals surface area contributed by atoms with Crippen LogP contribution in [-0.2, 0) is 19.5 Å². The number of H-pyrrole nitrogens is 1. The highest BCUT2D eigenvalue weighted by molar-refractivity contribution is 7.73. The number of nitrogens with one attached hydrogen (secondary N) is 1. The van der Waals surface area contributed by atoms with Gasteiger partial charge in [0, 0.05) is 13.1 Å². The fourth-order valence-electron chi connectivity index (χ4n) is 2.67. The molecule has 2 aromatic heterocycles. The zero-order chi connectivity index (χ0) is 17.1. The van der Waals surface area contributed by atoms with E-state index in [1.165, 1.54) is 16.9 Å². The molecule has 1 aromatic carbocycles. The van der Waals surface area contributed by atoms with Crippen molar-refractivity contribution in [3.05, 3.63) is 55.0 Å². The molecule has 0 radical (unpaired) electrons. The molecular formula is C17H19N3OS3. The zero-order valence-electron chi connectivity index (χ0n) is 13.4. The monoisotopic (exact) mass is 377 g/mol. The highest BCUT2D eigenvalue weighted by Gasteiger charge is 2.12. The third kappa shape index (κ3) is 3.43. The first kappa shape index (κ1) is 17.3. The van der Waals surface area contributed by atoms with Crippen LogP contribution in [0.15, 0.2) is 35.1 Å². The highest BCUT2D eigenvalue weighted by Crippen LogP contribution is 2.19. The first-order chi connectivity index (χ1) is 11.6. The van der Waals surface area contributed by atoms with Crippen LogP contribution in [-0.4, -0.2) is 14.1 Å². The summed E-state index contributed by atoms with van der Waals surface area (Å²) in [5.74, 6) is 0. The number of hydrogen-bond donors (Lipinski definition) is 1. The molecule has 0 unspecified atom stereocenters. The van der Waals surface area contributed by atoms with Crippen LogP contribution >= 0.6 is 35.8 Å². The number of unbranched alkanes of at least 4 members (excludes halogenated alkanes) is 1. The molecule has 4 nitrogen and oxygen atoms in total. The van der Waals surface area contributed by atoms with Gasteiger partial charge >= 0.3 is 0 Å². The fourth-order valence-corrected chi connectivity index (χ4v) is 4.29. The van der Waals surface area contributed by atoms with E-state index in [4.69, 9.17) is 24.4 Å². The lowest BCUT2D eigenvalue weighted by molar-refractivity contribution is 0.599. The summed E-state index contributed by atoms with van der Waals surface area (Å²) in [6.07, 6.45) is 2.82. The summed E-state index contributed by atoms with van der Waals surface area (Å²) in [6.45, 7) is 3.47. The highest BCUT2D eigenvalue weighted by atomic mass is 32.1. The van der Waals surface area contributed by atoms with Crippen molar-refractivity contribution in [3.8, 4) is 0 Å². The molecule has 0 amide bonds. The summed E-state index contributed by atoms with van der Waals surface area (Å²) in [5, 5.41) is 0. The maximum atomic E-state index is 12.7. The van der Waals surface area contributed by atoms with Gasteiger partial charge in [0.2, 0.25) is 0 Å². The smallest absolute Gasteiger partial charge is 0.273 e. The number of nitrogens with zero attached hydrogens (tertiary/aromatic N) is 2. The van der Waals surface area contributed by atoms with E-state index in [0.717, 1.165) is 31.5 Å². The second-order valence-corrected chi connectivity index (χ2v) is 7.70. The number of fused-ring (bicyclic) bond motifs is 1. The Balaban J connectivity index is 2.01. The Kier molecular flexibility index (Phi) is 5.43. The summed E-state index contributed by atoms with van der Waals surface area (Å²) in [6, 6.07) is 10.3. The summed E-state index contributed by atoms with van der Waals surface area (Å²) in [4.78, 5) is 15.9. The van der Waals surface area contributed by atoms with Crippen molar-refractivity contribution in [2.24, 2.45) is 0 Å². The van der Waals surface area contributed by atoms with Crippen LogP contribution in [0, 0.1) is 8.73 Å². The molecule has 0 bridgehead atoms. The minimum atomic E-state index is -0.0308. The first-order valence-electron chi connectivity index (χ1n) is 8.02. The van der Waals surface area contributed by atoms with Crippen molar-refractivity contribution in [1.82, 2.24) is 14.1 Å². The van der Waals surface area contributed by atoms with Crippen molar-refractivity contribution >= 4 is 46.1 Å². The van der Waals surface area contributed by atoms with Crippen molar-refractivity contribution in [1.29, 1.82) is 0 Å². The first-order valence-corrected chi connectivity index (χ1v) is 9.65. The molecule has 0 aliphatic carbocycles. The molecule has 0 spiro atoms. The van der Waals surface area contributed by atoms with Crippen molar-refractivity contribution < 1.29 is 0 Å². The normalized spacial score (nSPS) is 11.2. The predicted molar refractivity (Wildman–Crippen MR) is 105 cm³/mol. The minimum Gasteiger partial charge on any atom is -0.317 e. The number of thiazole rings is 1. The Morgan fingerprint density at radius 2 is 1.88 bits per heavy atom. The number of benzene rings is 1. The Morgan fingerprint density at radius 1 is 1.12 bits per heavy atom. The second kappa shape index (κ2) is 7.55. The quantitative estimate of drug-likeness (QED) is 0.634. The van der Waals surface area contributed by atoms with E-state index in [-0.39, 0.29) is 5.56 Å². The van der Waals surface area contributed by atoms with Gasteiger partial charge in [0.1, 0.15) is 10.3 Å². The average Bonchev–Trinajstić information content (AvgIpc) is 2.89. The molecule has 0 fully saturated rings. The van der Waals surface area contributed by atoms with Crippen molar-refractivity contribution in [3.63, 3.8) is 0 Å². The minimum absolute atomic E-state index is 0.0308. The van der Waals surface area contributed by atoms with E-state index in [2.05, 4.69) is 24.0 Å². The fraction of sp³-hybridized carbons (Fsp3) is 0.353. The second-order valence-electron chi connectivity index (χ2n) is 5.67. The van der Waals surface area contributed by atoms with Gasteiger partial charge in [-0.3, -0.25) is 9.36 Å². The lowest BCUT2D eigenvalue weighted by Crippen LogP contribution is -2.22. The molecule has 0 aliphatic rings. The van der Waals surface area contributed by atoms with Gasteiger partial charge < -0.3 is 9.55 Å². The Morgan fingerprint density at radius 3 is 2.58 bits per heavy atom. The van der Waals surface area contributed by atoms with Crippen LogP contribution in [0.5, 0.6) is 0 Å². The predicted octanol–water partition coefficient (Wildman–Crippen LogP) is 4.69. The topological polar surface area (TPSA) is 42.7 Å². The van der Waals surface area contributed by atoms with Gasteiger partial charge in [-0.1, -0.05) is 55.0 Å². The van der Waals surface area contributed by atoms with Crippen LogP contribution in [0.25, 0.3) is 10.3 Å². The van der Waals surface area contributed by atoms with Crippen LogP contribution in [0.4, 0.5) is 0 Å². The summed E-state index contributed by atoms with van der Waals surface area (Å²) in [7, 11) is 0. The molecule has 0 saturated carbocycles. The lowest BCUT2D eigenvalue weighted by Gasteiger charge is -2.08. The summed E-state index contributed by atoms with van der Waals surface area (Å²) >= 11 is 12.2. The van der Waals surface area contributed by atoms with E-state index in [1.54, 1.807) is 4.57 Å². The molecule has 24 heavy (non-hydrogen) atoms. The zero-order valence-corrected chi connectivity index (χ0v) is 15.9. The number of aromatic nitrogens is 3. The summed E-state index contributed by atoms with van der Waals surface area (Å²) in [5.41, 5.74) is 1.97. The van der Waals surface area contributed by atoms with E-state index < -0.39 is 0 Å². The SMILES string of the molecule is CCCCn1c(=S)[nH]c2c(sc(=S)n2CCc2ccccc2)c1=O. The third-order valence-corrected chi connectivity index (χ3v) is 5.77. The molecule has 0 saturated heterocycles. The average molecular weight is 378 g/mol. The molecule has 7 heteroatoms. The van der Waals surface area contributed by atoms with E-state index in [9.17, 15) is 4.79 Å². The molecular weight excluding hydrogens is 358 g/mol. The summed E-state index contributed by atoms with van der Waals surface area (Å²) < 4.78 is 5.48. The molecule has 2 heterocycles. The van der Waals surface area contributed by atoms with E-state index in [0.29, 0.717) is 20.0 Å². The molecule has 3 rings (SSSR count). The molecule has 126 valence electrons. The van der Waals surface area contributed by atoms with Crippen molar-refractivity contribution in [2.75, 3.05) is 0 Å². The van der Waals surface area contributed by atoms with Gasteiger partial charge in [-0.2, -0.15) is 0 Å². The molecule has 3 aromatic rings. The maximum absolute atomic E-state index is 12.7. The molecule has 1 N–H and O–H groups in total. The maximum Gasteiger partial charge on any atom is 0.273 e. The van der Waals surface area contributed by atoms with Gasteiger partial charge in [0.05, 0.1) is 0 Å². The molecule has 0 aliphatic heterocycles. The van der Waals surface area contributed by atoms with Gasteiger partial charge in [-0.25, -0.2) is 0 Å². The van der Waals surface area contributed by atoms with E-state index in [1.807, 2.05) is 22.8 Å². The van der Waals surface area contributed by atoms with Crippen molar-refractivity contribution in [2.45, 2.75) is 39.3 Å². The van der Waals surface area contributed by atoms with Gasteiger partial charge in [0.15, 0.2) is 8.73 Å².